The number of aromatic nitrogens is 2. The van der Waals surface area contributed by atoms with Crippen LogP contribution in [0.3, 0.4) is 0 Å². The molecular weight excluding hydrogens is 318 g/mol. The molecule has 0 bridgehead atoms. The third kappa shape index (κ3) is 4.47. The van der Waals surface area contributed by atoms with Crippen LogP contribution in [-0.2, 0) is 4.74 Å². The second kappa shape index (κ2) is 7.96. The van der Waals surface area contributed by atoms with E-state index in [1.165, 1.54) is 13.5 Å². The van der Waals surface area contributed by atoms with Gasteiger partial charge in [0.1, 0.15) is 6.10 Å². The molecule has 1 aromatic carbocycles. The van der Waals surface area contributed by atoms with E-state index >= 15 is 0 Å². The third-order valence-electron chi connectivity index (χ3n) is 4.50. The average Bonchev–Trinajstić information content (AvgIpc) is 2.63. The SMILES string of the molecule is COC(=O)NCC(C)c1ccc(-c2cnc(OC3CCC3)nc2)cc1. The highest BCUT2D eigenvalue weighted by molar-refractivity contribution is 5.67. The molecule has 2 aromatic rings. The predicted molar refractivity (Wildman–Crippen MR) is 94.6 cm³/mol. The first-order chi connectivity index (χ1) is 12.2. The quantitative estimate of drug-likeness (QED) is 0.870. The maximum absolute atomic E-state index is 11.1. The van der Waals surface area contributed by atoms with Crippen molar-refractivity contribution < 1.29 is 14.3 Å². The van der Waals surface area contributed by atoms with E-state index in [9.17, 15) is 4.79 Å². The van der Waals surface area contributed by atoms with Crippen LogP contribution in [-0.4, -0.2) is 35.8 Å². The standard InChI is InChI=1S/C19H23N3O3/c1-13(10-22-19(23)24-2)14-6-8-15(9-7-14)16-11-20-18(21-12-16)25-17-4-3-5-17/h6-9,11-13,17H,3-5,10H2,1-2H3,(H,22,23). The summed E-state index contributed by atoms with van der Waals surface area (Å²) in [6, 6.07) is 8.63. The van der Waals surface area contributed by atoms with Crippen LogP contribution in [0.5, 0.6) is 6.01 Å². The van der Waals surface area contributed by atoms with Gasteiger partial charge in [-0.25, -0.2) is 14.8 Å². The third-order valence-corrected chi connectivity index (χ3v) is 4.50. The summed E-state index contributed by atoms with van der Waals surface area (Å²) in [5, 5.41) is 2.71. The van der Waals surface area contributed by atoms with Crippen LogP contribution in [0.4, 0.5) is 4.79 Å². The number of ether oxygens (including phenoxy) is 2. The van der Waals surface area contributed by atoms with E-state index in [2.05, 4.69) is 39.1 Å². The zero-order chi connectivity index (χ0) is 17.6. The zero-order valence-corrected chi connectivity index (χ0v) is 14.6. The van der Waals surface area contributed by atoms with Crippen molar-refractivity contribution in [2.45, 2.75) is 38.2 Å². The van der Waals surface area contributed by atoms with E-state index in [-0.39, 0.29) is 12.0 Å². The average molecular weight is 341 g/mol. The molecule has 1 fully saturated rings. The topological polar surface area (TPSA) is 73.3 Å². The van der Waals surface area contributed by atoms with Crippen LogP contribution in [0, 0.1) is 0 Å². The van der Waals surface area contributed by atoms with Gasteiger partial charge in [0.25, 0.3) is 0 Å². The Balaban J connectivity index is 1.60. The van der Waals surface area contributed by atoms with E-state index < -0.39 is 6.09 Å². The molecule has 1 amide bonds. The second-order valence-electron chi connectivity index (χ2n) is 6.32. The van der Waals surface area contributed by atoms with E-state index in [4.69, 9.17) is 4.74 Å². The summed E-state index contributed by atoms with van der Waals surface area (Å²) in [5.41, 5.74) is 3.14. The van der Waals surface area contributed by atoms with Crippen LogP contribution < -0.4 is 10.1 Å². The number of amides is 1. The molecule has 0 saturated heterocycles. The highest BCUT2D eigenvalue weighted by Crippen LogP contribution is 2.25. The second-order valence-corrected chi connectivity index (χ2v) is 6.32. The molecule has 0 spiro atoms. The maximum atomic E-state index is 11.1. The Morgan fingerprint density at radius 1 is 1.20 bits per heavy atom. The Hall–Kier alpha value is -2.63. The number of alkyl carbamates (subject to hydrolysis) is 1. The van der Waals surface area contributed by atoms with Crippen LogP contribution in [0.1, 0.15) is 37.7 Å². The van der Waals surface area contributed by atoms with E-state index in [1.807, 2.05) is 12.1 Å². The summed E-state index contributed by atoms with van der Waals surface area (Å²) in [7, 11) is 1.36. The van der Waals surface area contributed by atoms with E-state index in [0.717, 1.165) is 29.5 Å². The van der Waals surface area contributed by atoms with Gasteiger partial charge in [0.2, 0.25) is 0 Å². The fourth-order valence-electron chi connectivity index (χ4n) is 2.59. The number of nitrogens with one attached hydrogen (secondary N) is 1. The summed E-state index contributed by atoms with van der Waals surface area (Å²) in [6.45, 7) is 2.59. The minimum atomic E-state index is -0.412. The zero-order valence-electron chi connectivity index (χ0n) is 14.6. The number of nitrogens with zero attached hydrogens (tertiary/aromatic N) is 2. The Kier molecular flexibility index (Phi) is 5.48. The molecule has 1 N–H and O–H groups in total. The largest absolute Gasteiger partial charge is 0.460 e. The van der Waals surface area contributed by atoms with Gasteiger partial charge < -0.3 is 14.8 Å². The fraction of sp³-hybridized carbons (Fsp3) is 0.421. The summed E-state index contributed by atoms with van der Waals surface area (Å²) in [5.74, 6) is 0.197. The normalized spacial score (nSPS) is 15.1. The Morgan fingerprint density at radius 3 is 2.44 bits per heavy atom. The monoisotopic (exact) mass is 341 g/mol. The molecule has 1 aliphatic rings. The molecule has 0 aliphatic heterocycles. The molecule has 132 valence electrons. The molecule has 1 aliphatic carbocycles. The van der Waals surface area contributed by atoms with E-state index in [0.29, 0.717) is 12.6 Å². The van der Waals surface area contributed by atoms with Gasteiger partial charge in [0, 0.05) is 24.5 Å². The molecule has 1 aromatic heterocycles. The van der Waals surface area contributed by atoms with Crippen molar-refractivity contribution in [2.75, 3.05) is 13.7 Å². The first-order valence-electron chi connectivity index (χ1n) is 8.56. The first-order valence-corrected chi connectivity index (χ1v) is 8.56. The Morgan fingerprint density at radius 2 is 1.88 bits per heavy atom. The van der Waals surface area contributed by atoms with E-state index in [1.54, 1.807) is 12.4 Å². The van der Waals surface area contributed by atoms with Crippen molar-refractivity contribution in [1.82, 2.24) is 15.3 Å². The summed E-state index contributed by atoms with van der Waals surface area (Å²) in [4.78, 5) is 19.7. The minimum Gasteiger partial charge on any atom is -0.460 e. The van der Waals surface area contributed by atoms with Gasteiger partial charge in [-0.05, 0) is 36.3 Å². The lowest BCUT2D eigenvalue weighted by molar-refractivity contribution is 0.108. The van der Waals surface area contributed by atoms with Gasteiger partial charge in [-0.3, -0.25) is 0 Å². The number of rotatable bonds is 6. The van der Waals surface area contributed by atoms with Crippen molar-refractivity contribution in [3.63, 3.8) is 0 Å². The van der Waals surface area contributed by atoms with Gasteiger partial charge in [0.15, 0.2) is 0 Å². The van der Waals surface area contributed by atoms with Gasteiger partial charge in [0.05, 0.1) is 7.11 Å². The first kappa shape index (κ1) is 17.2. The predicted octanol–water partition coefficient (Wildman–Crippen LogP) is 3.53. The molecular formula is C19H23N3O3. The number of benzene rings is 1. The molecule has 0 radical (unpaired) electrons. The van der Waals surface area contributed by atoms with Crippen molar-refractivity contribution in [3.8, 4) is 17.1 Å². The number of carbonyl (C=O) groups is 1. The lowest BCUT2D eigenvalue weighted by atomic mass is 9.96. The summed E-state index contributed by atoms with van der Waals surface area (Å²) < 4.78 is 10.3. The van der Waals surface area contributed by atoms with Gasteiger partial charge in [-0.2, -0.15) is 0 Å². The lowest BCUT2D eigenvalue weighted by Crippen LogP contribution is -2.27. The molecule has 25 heavy (non-hydrogen) atoms. The van der Waals surface area contributed by atoms with Crippen molar-refractivity contribution in [2.24, 2.45) is 0 Å². The minimum absolute atomic E-state index is 0.197. The van der Waals surface area contributed by atoms with Crippen LogP contribution in [0.25, 0.3) is 11.1 Å². The number of hydrogen-bond acceptors (Lipinski definition) is 5. The Labute approximate surface area is 147 Å². The smallest absolute Gasteiger partial charge is 0.406 e. The van der Waals surface area contributed by atoms with Crippen molar-refractivity contribution in [3.05, 3.63) is 42.2 Å². The molecule has 1 saturated carbocycles. The molecule has 6 heteroatoms. The molecule has 1 unspecified atom stereocenters. The van der Waals surface area contributed by atoms with Crippen LogP contribution in [0.15, 0.2) is 36.7 Å². The van der Waals surface area contributed by atoms with Crippen molar-refractivity contribution in [1.29, 1.82) is 0 Å². The van der Waals surface area contributed by atoms with Gasteiger partial charge in [-0.15, -0.1) is 0 Å². The number of carbonyl (C=O) groups excluding carboxylic acids is 1. The van der Waals surface area contributed by atoms with Gasteiger partial charge in [-0.1, -0.05) is 31.2 Å². The highest BCUT2D eigenvalue weighted by Gasteiger charge is 2.20. The molecule has 3 rings (SSSR count). The molecule has 6 nitrogen and oxygen atoms in total. The van der Waals surface area contributed by atoms with Crippen LogP contribution in [0.2, 0.25) is 0 Å². The number of hydrogen-bond donors (Lipinski definition) is 1. The van der Waals surface area contributed by atoms with Crippen molar-refractivity contribution >= 4 is 6.09 Å². The Bertz CT molecular complexity index is 697. The maximum Gasteiger partial charge on any atom is 0.406 e. The van der Waals surface area contributed by atoms with Gasteiger partial charge >= 0.3 is 12.1 Å². The fourth-order valence-corrected chi connectivity index (χ4v) is 2.59. The molecule has 1 heterocycles. The molecule has 1 atom stereocenters. The van der Waals surface area contributed by atoms with Crippen LogP contribution >= 0.6 is 0 Å². The highest BCUT2D eigenvalue weighted by atomic mass is 16.5. The lowest BCUT2D eigenvalue weighted by Gasteiger charge is -2.24. The number of methoxy groups -OCH3 is 1. The summed E-state index contributed by atoms with van der Waals surface area (Å²) >= 11 is 0. The summed E-state index contributed by atoms with van der Waals surface area (Å²) in [6.07, 6.45) is 6.86.